The predicted octanol–water partition coefficient (Wildman–Crippen LogP) is 0.386. The molecule has 0 amide bonds. The summed E-state index contributed by atoms with van der Waals surface area (Å²) in [7, 11) is 0. The maximum atomic E-state index is 13.0. The van der Waals surface area contributed by atoms with Crippen molar-refractivity contribution < 1.29 is 39.8 Å². The smallest absolute Gasteiger partial charge is 0.200 e. The van der Waals surface area contributed by atoms with E-state index in [0.29, 0.717) is 5.56 Å². The number of rotatable bonds is 3. The van der Waals surface area contributed by atoms with Crippen LogP contribution in [0.3, 0.4) is 0 Å². The summed E-state index contributed by atoms with van der Waals surface area (Å²) >= 11 is 0. The van der Waals surface area contributed by atoms with E-state index in [1.165, 1.54) is 30.5 Å². The van der Waals surface area contributed by atoms with Crippen molar-refractivity contribution in [1.29, 1.82) is 0 Å². The molecule has 6 N–H and O–H groups in total. The van der Waals surface area contributed by atoms with E-state index < -0.39 is 42.6 Å². The van der Waals surface area contributed by atoms with Crippen molar-refractivity contribution in [3.05, 3.63) is 58.4 Å². The Kier molecular flexibility index (Phi) is 5.22. The van der Waals surface area contributed by atoms with E-state index in [4.69, 9.17) is 9.15 Å². The number of aromatic hydroxyl groups is 2. The highest BCUT2D eigenvalue weighted by Gasteiger charge is 2.45. The van der Waals surface area contributed by atoms with Crippen LogP contribution in [0.15, 0.2) is 51.9 Å². The lowest BCUT2D eigenvalue weighted by Crippen LogP contribution is -2.55. The second-order valence-electron chi connectivity index (χ2n) is 7.15. The Hall–Kier alpha value is -2.95. The number of aliphatic hydroxyl groups excluding tert-OH is 4. The number of phenols is 2. The quantitative estimate of drug-likeness (QED) is 0.355. The normalized spacial score (nSPS) is 26.7. The number of benzene rings is 2. The molecule has 3 aromatic rings. The van der Waals surface area contributed by atoms with Gasteiger partial charge >= 0.3 is 0 Å². The summed E-state index contributed by atoms with van der Waals surface area (Å²) in [6.45, 7) is -0.637. The second kappa shape index (κ2) is 7.71. The molecule has 158 valence electrons. The van der Waals surface area contributed by atoms with Gasteiger partial charge in [-0.15, -0.1) is 0 Å². The zero-order valence-electron chi connectivity index (χ0n) is 15.5. The lowest BCUT2D eigenvalue weighted by atomic mass is 9.89. The average molecular weight is 416 g/mol. The molecule has 0 radical (unpaired) electrons. The summed E-state index contributed by atoms with van der Waals surface area (Å²) in [5.74, 6) is -0.314. The van der Waals surface area contributed by atoms with Crippen LogP contribution in [0.25, 0.3) is 22.1 Å². The van der Waals surface area contributed by atoms with Crippen LogP contribution in [0.2, 0.25) is 0 Å². The van der Waals surface area contributed by atoms with Crippen molar-refractivity contribution in [2.45, 2.75) is 30.5 Å². The van der Waals surface area contributed by atoms with Crippen molar-refractivity contribution in [2.24, 2.45) is 0 Å². The van der Waals surface area contributed by atoms with Crippen LogP contribution >= 0.6 is 0 Å². The third-order valence-electron chi connectivity index (χ3n) is 5.31. The van der Waals surface area contributed by atoms with Crippen LogP contribution in [0.5, 0.6) is 11.5 Å². The molecular formula is C21H20O9. The highest BCUT2D eigenvalue weighted by molar-refractivity contribution is 5.86. The van der Waals surface area contributed by atoms with Gasteiger partial charge in [0.05, 0.1) is 23.1 Å². The Labute approximate surface area is 169 Å². The summed E-state index contributed by atoms with van der Waals surface area (Å²) < 4.78 is 11.1. The fourth-order valence-corrected chi connectivity index (χ4v) is 3.67. The highest BCUT2D eigenvalue weighted by Crippen LogP contribution is 2.40. The van der Waals surface area contributed by atoms with E-state index in [1.807, 2.05) is 0 Å². The maximum Gasteiger partial charge on any atom is 0.200 e. The van der Waals surface area contributed by atoms with E-state index in [-0.39, 0.29) is 33.6 Å². The summed E-state index contributed by atoms with van der Waals surface area (Å²) in [5.41, 5.74) is 0.150. The van der Waals surface area contributed by atoms with Gasteiger partial charge in [-0.05, 0) is 29.8 Å². The lowest BCUT2D eigenvalue weighted by Gasteiger charge is -2.40. The van der Waals surface area contributed by atoms with Gasteiger partial charge in [0.15, 0.2) is 0 Å². The van der Waals surface area contributed by atoms with Crippen molar-refractivity contribution in [3.63, 3.8) is 0 Å². The molecule has 0 bridgehead atoms. The topological polar surface area (TPSA) is 161 Å². The molecule has 1 aliphatic heterocycles. The molecule has 1 aliphatic rings. The van der Waals surface area contributed by atoms with Gasteiger partial charge in [-0.3, -0.25) is 4.79 Å². The summed E-state index contributed by atoms with van der Waals surface area (Å²) in [6.07, 6.45) is -6.24. The Balaban J connectivity index is 1.87. The van der Waals surface area contributed by atoms with Crippen LogP contribution in [0.1, 0.15) is 11.7 Å². The first-order valence-electron chi connectivity index (χ1n) is 9.20. The SMILES string of the molecule is O=c1c(-c2ccc(O)cc2)coc2c([C@H]3O[C@H](CO)[C@@H](O)[C@H](O)[C@H]3O)c(O)ccc12. The van der Waals surface area contributed by atoms with E-state index in [0.717, 1.165) is 0 Å². The number of ether oxygens (including phenoxy) is 1. The van der Waals surface area contributed by atoms with E-state index >= 15 is 0 Å². The van der Waals surface area contributed by atoms with E-state index in [9.17, 15) is 35.4 Å². The molecule has 0 spiro atoms. The van der Waals surface area contributed by atoms with Crippen molar-refractivity contribution in [3.8, 4) is 22.6 Å². The Morgan fingerprint density at radius 2 is 1.60 bits per heavy atom. The van der Waals surface area contributed by atoms with Crippen molar-refractivity contribution >= 4 is 11.0 Å². The number of phenolic OH excluding ortho intramolecular Hbond substituents is 2. The molecule has 4 rings (SSSR count). The molecule has 5 atom stereocenters. The van der Waals surface area contributed by atoms with Crippen molar-refractivity contribution in [2.75, 3.05) is 6.61 Å². The fourth-order valence-electron chi connectivity index (χ4n) is 3.67. The highest BCUT2D eigenvalue weighted by atomic mass is 16.5. The first kappa shape index (κ1) is 20.3. The van der Waals surface area contributed by atoms with Crippen LogP contribution in [0.4, 0.5) is 0 Å². The molecule has 30 heavy (non-hydrogen) atoms. The fraction of sp³-hybridized carbons (Fsp3) is 0.286. The zero-order chi connectivity index (χ0) is 21.6. The number of hydrogen-bond acceptors (Lipinski definition) is 9. The molecule has 1 saturated heterocycles. The van der Waals surface area contributed by atoms with Gasteiger partial charge < -0.3 is 39.8 Å². The molecule has 9 nitrogen and oxygen atoms in total. The van der Waals surface area contributed by atoms with Crippen LogP contribution < -0.4 is 5.43 Å². The summed E-state index contributed by atoms with van der Waals surface area (Å²) in [4.78, 5) is 13.0. The minimum Gasteiger partial charge on any atom is -0.508 e. The molecule has 0 aliphatic carbocycles. The molecule has 0 saturated carbocycles. The number of aliphatic hydroxyl groups is 4. The zero-order valence-corrected chi connectivity index (χ0v) is 15.5. The molecule has 2 aromatic carbocycles. The number of fused-ring (bicyclic) bond motifs is 1. The molecule has 1 aromatic heterocycles. The maximum absolute atomic E-state index is 13.0. The molecule has 2 heterocycles. The first-order chi connectivity index (χ1) is 14.3. The van der Waals surface area contributed by atoms with Gasteiger partial charge in [0.25, 0.3) is 0 Å². The summed E-state index contributed by atoms with van der Waals surface area (Å²) in [6, 6.07) is 8.54. The van der Waals surface area contributed by atoms with Gasteiger partial charge in [0, 0.05) is 0 Å². The van der Waals surface area contributed by atoms with Gasteiger partial charge in [-0.1, -0.05) is 12.1 Å². The second-order valence-corrected chi connectivity index (χ2v) is 7.15. The third kappa shape index (κ3) is 3.22. The Bertz CT molecular complexity index is 1120. The van der Waals surface area contributed by atoms with Crippen LogP contribution in [-0.4, -0.2) is 61.7 Å². The molecule has 9 heteroatoms. The average Bonchev–Trinajstić information content (AvgIpc) is 2.74. The van der Waals surface area contributed by atoms with Crippen LogP contribution in [-0.2, 0) is 4.74 Å². The minimum atomic E-state index is -1.65. The molecular weight excluding hydrogens is 396 g/mol. The Morgan fingerprint density at radius 3 is 2.27 bits per heavy atom. The summed E-state index contributed by atoms with van der Waals surface area (Å²) in [5, 5.41) is 59.8. The van der Waals surface area contributed by atoms with Crippen molar-refractivity contribution in [1.82, 2.24) is 0 Å². The monoisotopic (exact) mass is 416 g/mol. The predicted molar refractivity (Wildman–Crippen MR) is 104 cm³/mol. The van der Waals surface area contributed by atoms with Crippen LogP contribution in [0, 0.1) is 0 Å². The van der Waals surface area contributed by atoms with Gasteiger partial charge in [-0.25, -0.2) is 0 Å². The van der Waals surface area contributed by atoms with Gasteiger partial charge in [0.1, 0.15) is 53.9 Å². The van der Waals surface area contributed by atoms with Gasteiger partial charge in [-0.2, -0.15) is 0 Å². The minimum absolute atomic E-state index is 0.0405. The Morgan fingerprint density at radius 1 is 0.900 bits per heavy atom. The largest absolute Gasteiger partial charge is 0.508 e. The van der Waals surface area contributed by atoms with E-state index in [2.05, 4.69) is 0 Å². The number of hydrogen-bond donors (Lipinski definition) is 6. The lowest BCUT2D eigenvalue weighted by molar-refractivity contribution is -0.231. The molecule has 0 unspecified atom stereocenters. The van der Waals surface area contributed by atoms with E-state index in [1.54, 1.807) is 12.1 Å². The standard InChI is InChI=1S/C21H20O9/c22-7-14-17(26)18(27)19(28)21(30-14)15-13(24)6-5-11-16(25)12(8-29-20(11)15)9-1-3-10(23)4-2-9/h1-6,8,14,17-19,21-24,26-28H,7H2/t14-,17-,18+,19-,21-/m1/s1. The first-order valence-corrected chi connectivity index (χ1v) is 9.20. The van der Waals surface area contributed by atoms with Gasteiger partial charge in [0.2, 0.25) is 5.43 Å². The molecule has 1 fully saturated rings. The third-order valence-corrected chi connectivity index (χ3v) is 5.31.